The van der Waals surface area contributed by atoms with Crippen LogP contribution in [-0.2, 0) is 9.53 Å². The SMILES string of the molecule is C=CC[SiH2]C=C(CC=C)C(=O)OCCC. The van der Waals surface area contributed by atoms with Crippen molar-refractivity contribution in [2.75, 3.05) is 6.61 Å². The van der Waals surface area contributed by atoms with Crippen molar-refractivity contribution in [3.8, 4) is 0 Å². The highest BCUT2D eigenvalue weighted by Gasteiger charge is 2.07. The molecule has 0 N–H and O–H groups in total. The van der Waals surface area contributed by atoms with E-state index in [9.17, 15) is 4.79 Å². The van der Waals surface area contributed by atoms with Crippen LogP contribution in [0.25, 0.3) is 0 Å². The Balaban J connectivity index is 4.22. The minimum Gasteiger partial charge on any atom is -0.462 e. The van der Waals surface area contributed by atoms with E-state index in [1.54, 1.807) is 6.08 Å². The van der Waals surface area contributed by atoms with E-state index < -0.39 is 0 Å². The summed E-state index contributed by atoms with van der Waals surface area (Å²) in [4.78, 5) is 11.5. The van der Waals surface area contributed by atoms with Gasteiger partial charge in [0.1, 0.15) is 0 Å². The highest BCUT2D eigenvalue weighted by atomic mass is 28.2. The predicted molar refractivity (Wildman–Crippen MR) is 67.7 cm³/mol. The van der Waals surface area contributed by atoms with Gasteiger partial charge in [0, 0.05) is 15.1 Å². The topological polar surface area (TPSA) is 26.3 Å². The molecule has 0 saturated heterocycles. The van der Waals surface area contributed by atoms with Crippen LogP contribution in [0.2, 0.25) is 6.04 Å². The largest absolute Gasteiger partial charge is 0.462 e. The van der Waals surface area contributed by atoms with Crippen molar-refractivity contribution >= 4 is 15.5 Å². The number of hydrogen-bond acceptors (Lipinski definition) is 2. The second-order valence-corrected chi connectivity index (χ2v) is 4.79. The molecule has 3 heteroatoms. The van der Waals surface area contributed by atoms with Crippen molar-refractivity contribution in [3.05, 3.63) is 36.6 Å². The second-order valence-electron chi connectivity index (χ2n) is 3.22. The molecule has 0 aromatic rings. The Morgan fingerprint density at radius 3 is 2.67 bits per heavy atom. The van der Waals surface area contributed by atoms with Crippen LogP contribution >= 0.6 is 0 Å². The van der Waals surface area contributed by atoms with E-state index in [4.69, 9.17) is 4.74 Å². The lowest BCUT2D eigenvalue weighted by Crippen LogP contribution is -2.09. The molecule has 0 rings (SSSR count). The van der Waals surface area contributed by atoms with Gasteiger partial charge in [0.25, 0.3) is 0 Å². The number of ether oxygens (including phenoxy) is 1. The van der Waals surface area contributed by atoms with Crippen molar-refractivity contribution in [2.24, 2.45) is 0 Å². The first-order valence-corrected chi connectivity index (χ1v) is 7.15. The van der Waals surface area contributed by atoms with Gasteiger partial charge in [-0.25, -0.2) is 4.79 Å². The quantitative estimate of drug-likeness (QED) is 0.208. The maximum absolute atomic E-state index is 11.5. The van der Waals surface area contributed by atoms with Gasteiger partial charge in [-0.15, -0.1) is 13.2 Å². The Bertz CT molecular complexity index is 244. The summed E-state index contributed by atoms with van der Waals surface area (Å²) >= 11 is 0. The van der Waals surface area contributed by atoms with Crippen LogP contribution in [-0.4, -0.2) is 22.1 Å². The summed E-state index contributed by atoms with van der Waals surface area (Å²) in [5.41, 5.74) is 2.80. The average molecular weight is 224 g/mol. The Labute approximate surface area is 94.5 Å². The van der Waals surface area contributed by atoms with Gasteiger partial charge in [0.15, 0.2) is 0 Å². The standard InChI is InChI=1S/C12H20O2Si/c1-4-7-11(10-15-9-6-3)12(13)14-8-5-2/h4,6,10H,1,3,5,7-9,15H2,2H3. The summed E-state index contributed by atoms with van der Waals surface area (Å²) in [7, 11) is -0.351. The maximum atomic E-state index is 11.5. The highest BCUT2D eigenvalue weighted by molar-refractivity contribution is 6.43. The third kappa shape index (κ3) is 6.91. The number of carbonyl (C=O) groups is 1. The van der Waals surface area contributed by atoms with Crippen molar-refractivity contribution in [1.82, 2.24) is 0 Å². The average Bonchev–Trinajstić information content (AvgIpc) is 2.25. The van der Waals surface area contributed by atoms with Crippen molar-refractivity contribution in [2.45, 2.75) is 25.8 Å². The lowest BCUT2D eigenvalue weighted by molar-refractivity contribution is -0.139. The van der Waals surface area contributed by atoms with Gasteiger partial charge in [-0.3, -0.25) is 0 Å². The van der Waals surface area contributed by atoms with E-state index in [1.807, 2.05) is 18.7 Å². The molecule has 0 atom stereocenters. The van der Waals surface area contributed by atoms with Gasteiger partial charge >= 0.3 is 5.97 Å². The highest BCUT2D eigenvalue weighted by Crippen LogP contribution is 2.05. The molecule has 15 heavy (non-hydrogen) atoms. The van der Waals surface area contributed by atoms with Crippen LogP contribution in [0.1, 0.15) is 19.8 Å². The third-order valence-electron chi connectivity index (χ3n) is 1.83. The molecule has 0 fully saturated rings. The minimum absolute atomic E-state index is 0.187. The van der Waals surface area contributed by atoms with Crippen molar-refractivity contribution < 1.29 is 9.53 Å². The Morgan fingerprint density at radius 1 is 1.40 bits per heavy atom. The molecule has 0 heterocycles. The van der Waals surface area contributed by atoms with Crippen LogP contribution in [0.15, 0.2) is 36.6 Å². The fraction of sp³-hybridized carbons (Fsp3) is 0.417. The molecule has 0 saturated carbocycles. The summed E-state index contributed by atoms with van der Waals surface area (Å²) < 4.78 is 5.08. The van der Waals surface area contributed by atoms with Gasteiger partial charge in [0.2, 0.25) is 0 Å². The lowest BCUT2D eigenvalue weighted by atomic mass is 10.2. The first-order valence-electron chi connectivity index (χ1n) is 5.34. The monoisotopic (exact) mass is 224 g/mol. The van der Waals surface area contributed by atoms with Crippen LogP contribution in [0.5, 0.6) is 0 Å². The van der Waals surface area contributed by atoms with Gasteiger partial charge in [-0.1, -0.05) is 24.8 Å². The lowest BCUT2D eigenvalue weighted by Gasteiger charge is -2.05. The Kier molecular flexibility index (Phi) is 8.77. The second kappa shape index (κ2) is 9.46. The molecular formula is C12H20O2Si. The Morgan fingerprint density at radius 2 is 2.13 bits per heavy atom. The first kappa shape index (κ1) is 13.9. The molecule has 0 aliphatic carbocycles. The zero-order valence-electron chi connectivity index (χ0n) is 9.50. The zero-order chi connectivity index (χ0) is 11.5. The van der Waals surface area contributed by atoms with E-state index in [2.05, 4.69) is 13.2 Å². The van der Waals surface area contributed by atoms with Crippen LogP contribution in [0, 0.1) is 0 Å². The van der Waals surface area contributed by atoms with E-state index in [0.29, 0.717) is 13.0 Å². The molecule has 0 aromatic heterocycles. The maximum Gasteiger partial charge on any atom is 0.333 e. The van der Waals surface area contributed by atoms with Crippen LogP contribution in [0.3, 0.4) is 0 Å². The number of allylic oxidation sites excluding steroid dienone is 2. The fourth-order valence-corrected chi connectivity index (χ4v) is 2.15. The molecule has 0 amide bonds. The normalized spacial score (nSPS) is 11.7. The minimum atomic E-state index is -0.351. The van der Waals surface area contributed by atoms with E-state index >= 15 is 0 Å². The third-order valence-corrected chi connectivity index (χ3v) is 3.35. The van der Waals surface area contributed by atoms with E-state index in [1.165, 1.54) is 0 Å². The number of esters is 1. The fourth-order valence-electron chi connectivity index (χ4n) is 1.07. The van der Waals surface area contributed by atoms with Crippen LogP contribution in [0.4, 0.5) is 0 Å². The smallest absolute Gasteiger partial charge is 0.333 e. The number of rotatable bonds is 8. The molecule has 0 bridgehead atoms. The summed E-state index contributed by atoms with van der Waals surface area (Å²) in [6.07, 6.45) is 5.09. The summed E-state index contributed by atoms with van der Waals surface area (Å²) in [6.45, 7) is 9.78. The van der Waals surface area contributed by atoms with Crippen LogP contribution < -0.4 is 0 Å². The van der Waals surface area contributed by atoms with E-state index in [-0.39, 0.29) is 15.5 Å². The molecule has 0 aliphatic heterocycles. The molecule has 0 spiro atoms. The predicted octanol–water partition coefficient (Wildman–Crippen LogP) is 2.17. The molecular weight excluding hydrogens is 204 g/mol. The molecule has 0 unspecified atom stereocenters. The van der Waals surface area contributed by atoms with Crippen molar-refractivity contribution in [1.29, 1.82) is 0 Å². The summed E-state index contributed by atoms with van der Waals surface area (Å²) in [5.74, 6) is -0.187. The number of hydrogen-bond donors (Lipinski definition) is 0. The van der Waals surface area contributed by atoms with Gasteiger partial charge in [0.05, 0.1) is 6.61 Å². The molecule has 0 aliphatic rings. The number of carbonyl (C=O) groups excluding carboxylic acids is 1. The first-order chi connectivity index (χ1) is 7.26. The summed E-state index contributed by atoms with van der Waals surface area (Å²) in [5, 5.41) is 0. The molecule has 0 aromatic carbocycles. The molecule has 0 radical (unpaired) electrons. The summed E-state index contributed by atoms with van der Waals surface area (Å²) in [6, 6.07) is 1.02. The Hall–Kier alpha value is -1.09. The van der Waals surface area contributed by atoms with Gasteiger partial charge < -0.3 is 4.74 Å². The van der Waals surface area contributed by atoms with Crippen molar-refractivity contribution in [3.63, 3.8) is 0 Å². The zero-order valence-corrected chi connectivity index (χ0v) is 10.9. The van der Waals surface area contributed by atoms with Gasteiger partial charge in [-0.2, -0.15) is 0 Å². The molecule has 84 valence electrons. The van der Waals surface area contributed by atoms with Gasteiger partial charge in [-0.05, 0) is 18.9 Å². The van der Waals surface area contributed by atoms with E-state index in [0.717, 1.165) is 18.0 Å². The molecule has 2 nitrogen and oxygen atoms in total.